The van der Waals surface area contributed by atoms with Crippen LogP contribution in [0.2, 0.25) is 0 Å². The lowest BCUT2D eigenvalue weighted by Gasteiger charge is -2.21. The van der Waals surface area contributed by atoms with Crippen molar-refractivity contribution in [2.45, 2.75) is 32.3 Å². The minimum Gasteiger partial charge on any atom is -0.376 e. The molecule has 1 saturated carbocycles. The summed E-state index contributed by atoms with van der Waals surface area (Å²) in [7, 11) is 0. The molecule has 5 rings (SSSR count). The summed E-state index contributed by atoms with van der Waals surface area (Å²) in [5.74, 6) is 0.619. The molecule has 2 aliphatic rings. The summed E-state index contributed by atoms with van der Waals surface area (Å²) in [6.45, 7) is 4.84. The van der Waals surface area contributed by atoms with Gasteiger partial charge in [-0.25, -0.2) is 0 Å². The van der Waals surface area contributed by atoms with Crippen LogP contribution < -0.4 is 10.2 Å². The second kappa shape index (κ2) is 8.03. The summed E-state index contributed by atoms with van der Waals surface area (Å²) in [5.41, 5.74) is 4.31. The van der Waals surface area contributed by atoms with Gasteiger partial charge in [0.25, 0.3) is 5.91 Å². The molecule has 1 unspecified atom stereocenters. The number of benzene rings is 1. The minimum absolute atomic E-state index is 0.175. The molecule has 1 aliphatic heterocycles. The Morgan fingerprint density at radius 2 is 2.13 bits per heavy atom. The van der Waals surface area contributed by atoms with Crippen molar-refractivity contribution in [1.29, 1.82) is 0 Å². The van der Waals surface area contributed by atoms with E-state index >= 15 is 0 Å². The molecule has 6 heteroatoms. The van der Waals surface area contributed by atoms with Crippen LogP contribution in [0.15, 0.2) is 48.8 Å². The SMILES string of the molecule is Cc1cc(N2CCC(OCC3CC3)C2)c2ccc(NC(=O)c3cccnc3)cc2n1. The molecule has 154 valence electrons. The van der Waals surface area contributed by atoms with Crippen molar-refractivity contribution < 1.29 is 9.53 Å². The number of anilines is 2. The van der Waals surface area contributed by atoms with Gasteiger partial charge in [-0.15, -0.1) is 0 Å². The normalized spacial score (nSPS) is 18.7. The highest BCUT2D eigenvalue weighted by atomic mass is 16.5. The van der Waals surface area contributed by atoms with Gasteiger partial charge in [0.15, 0.2) is 0 Å². The van der Waals surface area contributed by atoms with Gasteiger partial charge >= 0.3 is 0 Å². The van der Waals surface area contributed by atoms with Crippen LogP contribution in [0.4, 0.5) is 11.4 Å². The molecule has 2 fully saturated rings. The zero-order valence-electron chi connectivity index (χ0n) is 17.2. The molecule has 0 bridgehead atoms. The van der Waals surface area contributed by atoms with Crippen LogP contribution in [0.5, 0.6) is 0 Å². The molecule has 1 atom stereocenters. The highest BCUT2D eigenvalue weighted by Gasteiger charge is 2.28. The highest BCUT2D eigenvalue weighted by Crippen LogP contribution is 2.33. The summed E-state index contributed by atoms with van der Waals surface area (Å²) in [6.07, 6.45) is 7.24. The number of aryl methyl sites for hydroxylation is 1. The van der Waals surface area contributed by atoms with Crippen LogP contribution in [0, 0.1) is 12.8 Å². The number of nitrogens with one attached hydrogen (secondary N) is 1. The first kappa shape index (κ1) is 19.0. The highest BCUT2D eigenvalue weighted by molar-refractivity contribution is 6.05. The second-order valence-corrected chi connectivity index (χ2v) is 8.34. The van der Waals surface area contributed by atoms with Gasteiger partial charge in [0, 0.05) is 54.5 Å². The Kier molecular flexibility index (Phi) is 5.09. The Bertz CT molecular complexity index is 1070. The maximum Gasteiger partial charge on any atom is 0.257 e. The lowest BCUT2D eigenvalue weighted by atomic mass is 10.1. The van der Waals surface area contributed by atoms with Crippen molar-refractivity contribution >= 4 is 28.2 Å². The fraction of sp³-hybridized carbons (Fsp3) is 0.375. The number of rotatable bonds is 6. The maximum atomic E-state index is 12.4. The molecule has 1 saturated heterocycles. The summed E-state index contributed by atoms with van der Waals surface area (Å²) in [6, 6.07) is 11.6. The number of fused-ring (bicyclic) bond motifs is 1. The van der Waals surface area contributed by atoms with Gasteiger partial charge in [0.2, 0.25) is 0 Å². The third kappa shape index (κ3) is 4.14. The van der Waals surface area contributed by atoms with Gasteiger partial charge in [-0.1, -0.05) is 0 Å². The van der Waals surface area contributed by atoms with Crippen LogP contribution in [-0.2, 0) is 4.74 Å². The summed E-state index contributed by atoms with van der Waals surface area (Å²) < 4.78 is 6.12. The van der Waals surface area contributed by atoms with Crippen LogP contribution in [0.3, 0.4) is 0 Å². The van der Waals surface area contributed by atoms with E-state index in [9.17, 15) is 4.79 Å². The standard InChI is InChI=1S/C24H26N4O2/c1-16-11-23(28-10-8-20(14-28)30-15-17-4-5-17)21-7-6-19(12-22(21)26-16)27-24(29)18-3-2-9-25-13-18/h2-3,6-7,9,11-13,17,20H,4-5,8,10,14-15H2,1H3,(H,27,29). The fourth-order valence-corrected chi connectivity index (χ4v) is 4.02. The topological polar surface area (TPSA) is 67.3 Å². The first-order valence-corrected chi connectivity index (χ1v) is 10.6. The zero-order valence-corrected chi connectivity index (χ0v) is 17.2. The molecule has 6 nitrogen and oxygen atoms in total. The van der Waals surface area contributed by atoms with E-state index < -0.39 is 0 Å². The van der Waals surface area contributed by atoms with Crippen LogP contribution >= 0.6 is 0 Å². The average molecular weight is 402 g/mol. The summed E-state index contributed by atoms with van der Waals surface area (Å²) >= 11 is 0. The number of pyridine rings is 2. The van der Waals surface area contributed by atoms with E-state index in [-0.39, 0.29) is 5.91 Å². The quantitative estimate of drug-likeness (QED) is 0.669. The van der Waals surface area contributed by atoms with Gasteiger partial charge in [-0.2, -0.15) is 0 Å². The van der Waals surface area contributed by atoms with Gasteiger partial charge < -0.3 is 15.0 Å². The van der Waals surface area contributed by atoms with E-state index in [4.69, 9.17) is 9.72 Å². The van der Waals surface area contributed by atoms with Gasteiger partial charge in [0.05, 0.1) is 17.2 Å². The number of nitrogens with zero attached hydrogens (tertiary/aromatic N) is 3. The molecular formula is C24H26N4O2. The number of carbonyl (C=O) groups excluding carboxylic acids is 1. The van der Waals surface area contributed by atoms with Crippen molar-refractivity contribution in [3.63, 3.8) is 0 Å². The van der Waals surface area contributed by atoms with Gasteiger partial charge in [-0.3, -0.25) is 14.8 Å². The predicted molar refractivity (Wildman–Crippen MR) is 118 cm³/mol. The van der Waals surface area contributed by atoms with Crippen molar-refractivity contribution in [1.82, 2.24) is 9.97 Å². The number of hydrogen-bond acceptors (Lipinski definition) is 5. The molecule has 1 N–H and O–H groups in total. The van der Waals surface area contributed by atoms with Crippen molar-refractivity contribution in [2.24, 2.45) is 5.92 Å². The third-order valence-electron chi connectivity index (χ3n) is 5.85. The van der Waals surface area contributed by atoms with Crippen molar-refractivity contribution in [3.8, 4) is 0 Å². The number of aromatic nitrogens is 2. The Labute approximate surface area is 176 Å². The molecule has 3 heterocycles. The summed E-state index contributed by atoms with van der Waals surface area (Å²) in [5, 5.41) is 4.05. The lowest BCUT2D eigenvalue weighted by Crippen LogP contribution is -2.23. The molecule has 3 aromatic rings. The number of amides is 1. The van der Waals surface area contributed by atoms with Crippen molar-refractivity contribution in [2.75, 3.05) is 29.9 Å². The number of hydrogen-bond donors (Lipinski definition) is 1. The molecule has 30 heavy (non-hydrogen) atoms. The van der Waals surface area contributed by atoms with E-state index in [1.165, 1.54) is 18.5 Å². The minimum atomic E-state index is -0.175. The van der Waals surface area contributed by atoms with E-state index in [1.807, 2.05) is 25.1 Å². The molecule has 1 aromatic carbocycles. The Hall–Kier alpha value is -2.99. The Morgan fingerprint density at radius 1 is 1.23 bits per heavy atom. The smallest absolute Gasteiger partial charge is 0.257 e. The fourth-order valence-electron chi connectivity index (χ4n) is 4.02. The molecule has 0 spiro atoms. The Morgan fingerprint density at radius 3 is 2.93 bits per heavy atom. The van der Waals surface area contributed by atoms with Gasteiger partial charge in [0.1, 0.15) is 0 Å². The van der Waals surface area contributed by atoms with Crippen LogP contribution in [-0.4, -0.2) is 41.7 Å². The molecular weight excluding hydrogens is 376 g/mol. The number of carbonyl (C=O) groups is 1. The molecule has 1 aliphatic carbocycles. The van der Waals surface area contributed by atoms with E-state index in [0.29, 0.717) is 11.7 Å². The van der Waals surface area contributed by atoms with Gasteiger partial charge in [-0.05, 0) is 68.5 Å². The predicted octanol–water partition coefficient (Wildman–Crippen LogP) is 4.20. The third-order valence-corrected chi connectivity index (χ3v) is 5.85. The summed E-state index contributed by atoms with van der Waals surface area (Å²) in [4.78, 5) is 23.6. The van der Waals surface area contributed by atoms with Crippen molar-refractivity contribution in [3.05, 3.63) is 60.0 Å². The Balaban J connectivity index is 1.35. The van der Waals surface area contributed by atoms with Crippen LogP contribution in [0.1, 0.15) is 35.3 Å². The maximum absolute atomic E-state index is 12.4. The van der Waals surface area contributed by atoms with E-state index in [1.54, 1.807) is 24.5 Å². The monoisotopic (exact) mass is 402 g/mol. The zero-order chi connectivity index (χ0) is 20.5. The lowest BCUT2D eigenvalue weighted by molar-refractivity contribution is 0.0605. The molecule has 0 radical (unpaired) electrons. The molecule has 2 aromatic heterocycles. The first-order chi connectivity index (χ1) is 14.7. The second-order valence-electron chi connectivity index (χ2n) is 8.34. The largest absolute Gasteiger partial charge is 0.376 e. The van der Waals surface area contributed by atoms with Crippen LogP contribution in [0.25, 0.3) is 10.9 Å². The van der Waals surface area contributed by atoms with E-state index in [2.05, 4.69) is 21.3 Å². The van der Waals surface area contributed by atoms with E-state index in [0.717, 1.165) is 54.3 Å². The number of ether oxygens (including phenoxy) is 1. The molecule has 1 amide bonds. The average Bonchev–Trinajstić information content (AvgIpc) is 3.47. The first-order valence-electron chi connectivity index (χ1n) is 10.6.